The van der Waals surface area contributed by atoms with Crippen LogP contribution in [0.15, 0.2) is 76.5 Å². The summed E-state index contributed by atoms with van der Waals surface area (Å²) in [7, 11) is -3.46. The zero-order valence-electron chi connectivity index (χ0n) is 23.2. The molecule has 3 aromatic rings. The van der Waals surface area contributed by atoms with Crippen molar-refractivity contribution in [1.29, 1.82) is 0 Å². The summed E-state index contributed by atoms with van der Waals surface area (Å²) in [6.07, 6.45) is 2.04. The predicted octanol–water partition coefficient (Wildman–Crippen LogP) is 6.44. The van der Waals surface area contributed by atoms with E-state index in [9.17, 15) is 13.2 Å². The smallest absolute Gasteiger partial charge is 0.266 e. The number of carbonyl (C=O) groups is 1. The van der Waals surface area contributed by atoms with E-state index in [0.29, 0.717) is 50.4 Å². The van der Waals surface area contributed by atoms with Gasteiger partial charge in [-0.15, -0.1) is 0 Å². The second-order valence-electron chi connectivity index (χ2n) is 10.00. The Morgan fingerprint density at radius 1 is 1.00 bits per heavy atom. The number of thioether (sulfide) groups is 1. The second kappa shape index (κ2) is 14.6. The quantitative estimate of drug-likeness (QED) is 0.170. The molecule has 0 atom stereocenters. The summed E-state index contributed by atoms with van der Waals surface area (Å²) >= 11 is 19.3. The maximum absolute atomic E-state index is 13.4. The summed E-state index contributed by atoms with van der Waals surface area (Å²) in [5.74, 6) is 0.278. The molecule has 0 aromatic heterocycles. The molecule has 0 saturated carbocycles. The number of thiocarbonyl (C=S) groups is 1. The van der Waals surface area contributed by atoms with E-state index >= 15 is 0 Å². The van der Waals surface area contributed by atoms with Crippen molar-refractivity contribution in [3.63, 3.8) is 0 Å². The van der Waals surface area contributed by atoms with Crippen molar-refractivity contribution in [2.24, 2.45) is 0 Å². The molecule has 0 bridgehead atoms. The lowest BCUT2D eigenvalue weighted by molar-refractivity contribution is -0.122. The van der Waals surface area contributed by atoms with Gasteiger partial charge in [-0.2, -0.15) is 0 Å². The predicted molar refractivity (Wildman–Crippen MR) is 178 cm³/mol. The van der Waals surface area contributed by atoms with Crippen molar-refractivity contribution in [2.75, 3.05) is 51.8 Å². The van der Waals surface area contributed by atoms with Gasteiger partial charge in [0, 0.05) is 47.4 Å². The Hall–Kier alpha value is -2.44. The third-order valence-electron chi connectivity index (χ3n) is 7.08. The molecule has 0 N–H and O–H groups in total. The van der Waals surface area contributed by atoms with Crippen LogP contribution in [0.3, 0.4) is 0 Å². The molecule has 3 aromatic carbocycles. The first-order valence-electron chi connectivity index (χ1n) is 13.8. The van der Waals surface area contributed by atoms with Gasteiger partial charge in [0.1, 0.15) is 16.7 Å². The molecule has 0 aliphatic carbocycles. The van der Waals surface area contributed by atoms with Crippen LogP contribution in [0.2, 0.25) is 10.0 Å². The van der Waals surface area contributed by atoms with Crippen LogP contribution < -0.4 is 4.74 Å². The second-order valence-corrected chi connectivity index (χ2v) is 14.6. The Kier molecular flexibility index (Phi) is 10.8. The molecular weight excluding hydrogens is 647 g/mol. The molecule has 0 spiro atoms. The van der Waals surface area contributed by atoms with Crippen LogP contribution in [-0.4, -0.2) is 80.2 Å². The first-order chi connectivity index (χ1) is 20.7. The van der Waals surface area contributed by atoms with E-state index < -0.39 is 9.84 Å². The van der Waals surface area contributed by atoms with Gasteiger partial charge in [-0.1, -0.05) is 77.5 Å². The molecule has 2 heterocycles. The highest BCUT2D eigenvalue weighted by Gasteiger charge is 2.32. The molecule has 0 radical (unpaired) electrons. The van der Waals surface area contributed by atoms with Crippen LogP contribution in [0.4, 0.5) is 0 Å². The van der Waals surface area contributed by atoms with Crippen LogP contribution in [0.1, 0.15) is 12.0 Å². The molecule has 5 rings (SSSR count). The molecule has 12 heteroatoms. The Bertz CT molecular complexity index is 1630. The van der Waals surface area contributed by atoms with Crippen molar-refractivity contribution in [1.82, 2.24) is 9.80 Å². The molecule has 2 aliphatic heterocycles. The third kappa shape index (κ3) is 8.19. The molecule has 7 nitrogen and oxygen atoms in total. The van der Waals surface area contributed by atoms with Crippen LogP contribution in [-0.2, 0) is 19.4 Å². The molecular formula is C31H30Cl2N2O5S3. The number of rotatable bonds is 11. The Morgan fingerprint density at radius 3 is 2.51 bits per heavy atom. The van der Waals surface area contributed by atoms with Crippen LogP contribution >= 0.6 is 47.2 Å². The molecule has 1 amide bonds. The van der Waals surface area contributed by atoms with Gasteiger partial charge >= 0.3 is 0 Å². The lowest BCUT2D eigenvalue weighted by atomic mass is 10.0. The fourth-order valence-corrected chi connectivity index (χ4v) is 7.92. The lowest BCUT2D eigenvalue weighted by Crippen LogP contribution is -2.38. The van der Waals surface area contributed by atoms with Gasteiger partial charge in [-0.05, 0) is 54.5 Å². The molecule has 2 saturated heterocycles. The van der Waals surface area contributed by atoms with Gasteiger partial charge in [0.15, 0.2) is 9.84 Å². The van der Waals surface area contributed by atoms with E-state index in [4.69, 9.17) is 44.9 Å². The number of ether oxygens (including phenoxy) is 2. The SMILES string of the molecule is O=C1/C(=C/c2cc(-c3ccc(Cl)cc3Cl)ccc2OCCN2CCOCC2)SC(=S)N1CCCS(=O)(=O)c1ccccc1. The average molecular weight is 678 g/mol. The highest BCUT2D eigenvalue weighted by Crippen LogP contribution is 2.37. The van der Waals surface area contributed by atoms with Crippen LogP contribution in [0.5, 0.6) is 5.75 Å². The van der Waals surface area contributed by atoms with Gasteiger partial charge in [0.25, 0.3) is 5.91 Å². The van der Waals surface area contributed by atoms with E-state index in [1.807, 2.05) is 24.3 Å². The van der Waals surface area contributed by atoms with Gasteiger partial charge in [-0.3, -0.25) is 14.6 Å². The molecule has 2 aliphatic rings. The number of nitrogens with zero attached hydrogens (tertiary/aromatic N) is 2. The first-order valence-corrected chi connectivity index (χ1v) is 17.4. The third-order valence-corrected chi connectivity index (χ3v) is 10.8. The van der Waals surface area contributed by atoms with Crippen molar-refractivity contribution in [3.05, 3.63) is 87.2 Å². The summed E-state index contributed by atoms with van der Waals surface area (Å²) in [6.45, 7) is 4.57. The first kappa shape index (κ1) is 32.0. The van der Waals surface area contributed by atoms with Gasteiger partial charge in [0.05, 0.1) is 28.8 Å². The number of hydrogen-bond donors (Lipinski definition) is 0. The van der Waals surface area contributed by atoms with E-state index in [1.54, 1.807) is 48.5 Å². The van der Waals surface area contributed by atoms with Crippen LogP contribution in [0.25, 0.3) is 17.2 Å². The average Bonchev–Trinajstić information content (AvgIpc) is 3.26. The van der Waals surface area contributed by atoms with Crippen molar-refractivity contribution < 1.29 is 22.7 Å². The topological polar surface area (TPSA) is 76.2 Å². The van der Waals surface area contributed by atoms with E-state index in [0.717, 1.165) is 30.8 Å². The number of amides is 1. The van der Waals surface area contributed by atoms with Crippen molar-refractivity contribution in [2.45, 2.75) is 11.3 Å². The zero-order chi connectivity index (χ0) is 30.4. The molecule has 43 heavy (non-hydrogen) atoms. The minimum atomic E-state index is -3.46. The fourth-order valence-electron chi connectivity index (χ4n) is 4.79. The Morgan fingerprint density at radius 2 is 1.77 bits per heavy atom. The normalized spacial score (nSPS) is 17.2. The summed E-state index contributed by atoms with van der Waals surface area (Å²) in [6, 6.07) is 19.3. The Labute approximate surface area is 271 Å². The fraction of sp³-hybridized carbons (Fsp3) is 0.290. The number of carbonyl (C=O) groups excluding carboxylic acids is 1. The molecule has 0 unspecified atom stereocenters. The number of hydrogen-bond acceptors (Lipinski definition) is 8. The van der Waals surface area contributed by atoms with Gasteiger partial charge in [-0.25, -0.2) is 8.42 Å². The highest BCUT2D eigenvalue weighted by atomic mass is 35.5. The van der Waals surface area contributed by atoms with Gasteiger partial charge < -0.3 is 9.47 Å². The van der Waals surface area contributed by atoms with E-state index in [-0.39, 0.29) is 29.5 Å². The standard InChI is InChI=1S/C31H30Cl2N2O5S3/c32-24-8-9-26(27(33)21-24)22-7-10-28(40-17-14-34-12-15-39-16-13-34)23(19-22)20-29-30(36)35(31(41)42-29)11-4-18-43(37,38)25-5-2-1-3-6-25/h1-3,5-10,19-21H,4,11-18H2/b29-20-. The summed E-state index contributed by atoms with van der Waals surface area (Å²) in [5, 5.41) is 1.05. The highest BCUT2D eigenvalue weighted by molar-refractivity contribution is 8.26. The van der Waals surface area contributed by atoms with E-state index in [1.165, 1.54) is 16.7 Å². The maximum Gasteiger partial charge on any atom is 0.266 e. The maximum atomic E-state index is 13.4. The number of morpholine rings is 1. The monoisotopic (exact) mass is 676 g/mol. The molecule has 226 valence electrons. The number of benzene rings is 3. The van der Waals surface area contributed by atoms with Crippen LogP contribution in [0, 0.1) is 0 Å². The van der Waals surface area contributed by atoms with E-state index in [2.05, 4.69) is 4.90 Å². The minimum absolute atomic E-state index is 0.0852. The minimum Gasteiger partial charge on any atom is -0.492 e. The zero-order valence-corrected chi connectivity index (χ0v) is 27.2. The largest absolute Gasteiger partial charge is 0.492 e. The summed E-state index contributed by atoms with van der Waals surface area (Å²) < 4.78 is 37.4. The Balaban J connectivity index is 1.34. The van der Waals surface area contributed by atoms with Gasteiger partial charge in [0.2, 0.25) is 0 Å². The van der Waals surface area contributed by atoms with Crippen molar-refractivity contribution >= 4 is 73.3 Å². The lowest BCUT2D eigenvalue weighted by Gasteiger charge is -2.26. The molecule has 2 fully saturated rings. The summed E-state index contributed by atoms with van der Waals surface area (Å²) in [4.78, 5) is 17.9. The van der Waals surface area contributed by atoms with Crippen molar-refractivity contribution in [3.8, 4) is 16.9 Å². The number of sulfone groups is 1. The summed E-state index contributed by atoms with van der Waals surface area (Å²) in [5.41, 5.74) is 2.35. The number of halogens is 2.